The van der Waals surface area contributed by atoms with Crippen LogP contribution in [0.3, 0.4) is 0 Å². The van der Waals surface area contributed by atoms with Crippen LogP contribution in [0.5, 0.6) is 0 Å². The van der Waals surface area contributed by atoms with E-state index >= 15 is 0 Å². The van der Waals surface area contributed by atoms with Crippen molar-refractivity contribution >= 4 is 38.5 Å². The van der Waals surface area contributed by atoms with Gasteiger partial charge < -0.3 is 10.0 Å². The van der Waals surface area contributed by atoms with Crippen LogP contribution >= 0.6 is 0 Å². The Balaban J connectivity index is 1.79. The summed E-state index contributed by atoms with van der Waals surface area (Å²) in [6.07, 6.45) is 0.808. The van der Waals surface area contributed by atoms with Crippen molar-refractivity contribution < 1.29 is 22.7 Å². The fourth-order valence-electron chi connectivity index (χ4n) is 3.77. The van der Waals surface area contributed by atoms with Crippen LogP contribution in [-0.2, 0) is 21.2 Å². The zero-order chi connectivity index (χ0) is 23.9. The number of carbonyl (C=O) groups is 1. The summed E-state index contributed by atoms with van der Waals surface area (Å²) < 4.78 is 41.9. The Morgan fingerprint density at radius 2 is 1.88 bits per heavy atom. The minimum Gasteiger partial charge on any atom is -0.481 e. The van der Waals surface area contributed by atoms with Gasteiger partial charge in [-0.15, -0.1) is 0 Å². The van der Waals surface area contributed by atoms with E-state index in [1.165, 1.54) is 25.3 Å². The first-order valence-corrected chi connectivity index (χ1v) is 11.4. The Morgan fingerprint density at radius 1 is 1.12 bits per heavy atom. The van der Waals surface area contributed by atoms with Crippen molar-refractivity contribution in [3.05, 3.63) is 77.5 Å². The van der Waals surface area contributed by atoms with Crippen molar-refractivity contribution in [3.8, 4) is 0 Å². The summed E-state index contributed by atoms with van der Waals surface area (Å²) in [5.74, 6) is -0.569. The predicted molar refractivity (Wildman–Crippen MR) is 122 cm³/mol. The molecule has 8 nitrogen and oxygen atoms in total. The van der Waals surface area contributed by atoms with Crippen molar-refractivity contribution in [2.75, 3.05) is 11.9 Å². The molecule has 0 amide bonds. The minimum atomic E-state index is -4.13. The summed E-state index contributed by atoms with van der Waals surface area (Å²) in [5, 5.41) is 9.51. The molecule has 0 atom stereocenters. The van der Waals surface area contributed by atoms with Gasteiger partial charge in [-0.3, -0.25) is 4.79 Å². The number of benzene rings is 1. The molecule has 0 aliphatic rings. The van der Waals surface area contributed by atoms with Crippen LogP contribution in [0.2, 0.25) is 0 Å². The molecule has 0 spiro atoms. The van der Waals surface area contributed by atoms with Gasteiger partial charge in [0.15, 0.2) is 0 Å². The SMILES string of the molecule is Cc1cccc(N(C)c2ccc(S(=O)(=O)n3c(C)c(CC(=O)O)c4cc(F)ccc43)cn2)n1. The highest BCUT2D eigenvalue weighted by molar-refractivity contribution is 7.90. The molecule has 1 aromatic carbocycles. The van der Waals surface area contributed by atoms with E-state index in [1.807, 2.05) is 25.1 Å². The number of carboxylic acid groups (broad SMARTS) is 1. The molecule has 10 heteroatoms. The predicted octanol–water partition coefficient (Wildman–Crippen LogP) is 3.82. The molecule has 1 N–H and O–H groups in total. The quantitative estimate of drug-likeness (QED) is 0.459. The first-order valence-electron chi connectivity index (χ1n) is 10.00. The Kier molecular flexibility index (Phi) is 5.62. The fraction of sp³-hybridized carbons (Fsp3) is 0.174. The van der Waals surface area contributed by atoms with E-state index in [4.69, 9.17) is 0 Å². The Hall–Kier alpha value is -3.79. The van der Waals surface area contributed by atoms with Crippen molar-refractivity contribution in [2.24, 2.45) is 0 Å². The molecule has 33 heavy (non-hydrogen) atoms. The van der Waals surface area contributed by atoms with Gasteiger partial charge in [0.1, 0.15) is 22.3 Å². The third-order valence-corrected chi connectivity index (χ3v) is 7.18. The van der Waals surface area contributed by atoms with Gasteiger partial charge in [0.05, 0.1) is 11.9 Å². The molecule has 0 aliphatic heterocycles. The minimum absolute atomic E-state index is 0.0805. The van der Waals surface area contributed by atoms with E-state index in [0.29, 0.717) is 11.6 Å². The largest absolute Gasteiger partial charge is 0.481 e. The number of hydrogen-bond donors (Lipinski definition) is 1. The maximum absolute atomic E-state index is 13.9. The van der Waals surface area contributed by atoms with Gasteiger partial charge in [-0.25, -0.2) is 26.7 Å². The number of rotatable bonds is 6. The standard InChI is InChI=1S/C23H21FN4O4S/c1-14-5-4-6-22(26-14)27(3)21-10-8-17(13-25-21)33(31,32)28-15(2)18(12-23(29)30)19-11-16(24)7-9-20(19)28/h4-11,13H,12H2,1-3H3,(H,29,30). The first kappa shape index (κ1) is 22.4. The maximum atomic E-state index is 13.9. The van der Waals surface area contributed by atoms with E-state index < -0.39 is 28.2 Å². The lowest BCUT2D eigenvalue weighted by molar-refractivity contribution is -0.136. The fourth-order valence-corrected chi connectivity index (χ4v) is 5.30. The molecule has 170 valence electrons. The topological polar surface area (TPSA) is 105 Å². The van der Waals surface area contributed by atoms with Gasteiger partial charge >= 0.3 is 5.97 Å². The molecule has 0 unspecified atom stereocenters. The number of aryl methyl sites for hydroxylation is 1. The molecule has 0 fully saturated rings. The highest BCUT2D eigenvalue weighted by Crippen LogP contribution is 2.31. The van der Waals surface area contributed by atoms with Crippen molar-refractivity contribution in [2.45, 2.75) is 25.2 Å². The molecule has 0 radical (unpaired) electrons. The highest BCUT2D eigenvalue weighted by Gasteiger charge is 2.26. The molecule has 4 rings (SSSR count). The van der Waals surface area contributed by atoms with Crippen molar-refractivity contribution in [1.29, 1.82) is 0 Å². The van der Waals surface area contributed by atoms with Gasteiger partial charge in [-0.05, 0) is 61.9 Å². The van der Waals surface area contributed by atoms with Crippen molar-refractivity contribution in [1.82, 2.24) is 13.9 Å². The Bertz CT molecular complexity index is 1480. The van der Waals surface area contributed by atoms with Gasteiger partial charge in [0, 0.05) is 30.0 Å². The van der Waals surface area contributed by atoms with Gasteiger partial charge in [-0.1, -0.05) is 6.07 Å². The average molecular weight is 469 g/mol. The molecule has 0 saturated heterocycles. The number of carboxylic acids is 1. The van der Waals surface area contributed by atoms with Crippen LogP contribution < -0.4 is 4.90 Å². The van der Waals surface area contributed by atoms with E-state index in [-0.39, 0.29) is 27.1 Å². The number of pyridine rings is 2. The normalized spacial score (nSPS) is 11.6. The van der Waals surface area contributed by atoms with Crippen LogP contribution in [0.1, 0.15) is 17.0 Å². The molecular formula is C23H21FN4O4S. The van der Waals surface area contributed by atoms with Gasteiger partial charge in [0.2, 0.25) is 0 Å². The van der Waals surface area contributed by atoms with Crippen LogP contribution in [-0.4, -0.2) is 40.5 Å². The van der Waals surface area contributed by atoms with E-state index in [0.717, 1.165) is 21.8 Å². The number of anilines is 2. The maximum Gasteiger partial charge on any atom is 0.307 e. The van der Waals surface area contributed by atoms with E-state index in [1.54, 1.807) is 18.0 Å². The van der Waals surface area contributed by atoms with Crippen molar-refractivity contribution in [3.63, 3.8) is 0 Å². The molecule has 0 bridgehead atoms. The zero-order valence-corrected chi connectivity index (χ0v) is 19.0. The zero-order valence-electron chi connectivity index (χ0n) is 18.2. The number of aromatic nitrogens is 3. The highest BCUT2D eigenvalue weighted by atomic mass is 32.2. The van der Waals surface area contributed by atoms with Crippen LogP contribution in [0.15, 0.2) is 59.6 Å². The van der Waals surface area contributed by atoms with E-state index in [2.05, 4.69) is 9.97 Å². The molecule has 3 aromatic heterocycles. The summed E-state index contributed by atoms with van der Waals surface area (Å²) in [6, 6.07) is 12.2. The number of aliphatic carboxylic acids is 1. The average Bonchev–Trinajstić information content (AvgIpc) is 3.04. The Morgan fingerprint density at radius 3 is 2.52 bits per heavy atom. The molecule has 0 aliphatic carbocycles. The second-order valence-corrected chi connectivity index (χ2v) is 9.40. The second kappa shape index (κ2) is 8.28. The molecular weight excluding hydrogens is 447 g/mol. The third kappa shape index (κ3) is 4.05. The molecule has 0 saturated carbocycles. The van der Waals surface area contributed by atoms with Gasteiger partial charge in [0.25, 0.3) is 10.0 Å². The van der Waals surface area contributed by atoms with Crippen LogP contribution in [0.4, 0.5) is 16.0 Å². The summed E-state index contributed by atoms with van der Waals surface area (Å²) in [7, 11) is -2.36. The number of hydrogen-bond acceptors (Lipinski definition) is 6. The lowest BCUT2D eigenvalue weighted by Gasteiger charge is -2.18. The smallest absolute Gasteiger partial charge is 0.307 e. The van der Waals surface area contributed by atoms with E-state index in [9.17, 15) is 22.7 Å². The third-order valence-electron chi connectivity index (χ3n) is 5.39. The monoisotopic (exact) mass is 468 g/mol. The van der Waals surface area contributed by atoms with Crippen LogP contribution in [0, 0.1) is 19.7 Å². The summed E-state index contributed by atoms with van der Waals surface area (Å²) >= 11 is 0. The second-order valence-electron chi connectivity index (χ2n) is 7.61. The lowest BCUT2D eigenvalue weighted by atomic mass is 10.1. The lowest BCUT2D eigenvalue weighted by Crippen LogP contribution is -2.17. The number of nitrogens with zero attached hydrogens (tertiary/aromatic N) is 4. The number of halogens is 1. The molecule has 3 heterocycles. The Labute approximate surface area is 190 Å². The number of fused-ring (bicyclic) bond motifs is 1. The molecule has 4 aromatic rings. The summed E-state index contributed by atoms with van der Waals surface area (Å²) in [6.45, 7) is 3.38. The van der Waals surface area contributed by atoms with Gasteiger partial charge in [-0.2, -0.15) is 0 Å². The first-order chi connectivity index (χ1) is 15.6. The van der Waals surface area contributed by atoms with Crippen LogP contribution in [0.25, 0.3) is 10.9 Å². The summed E-state index contributed by atoms with van der Waals surface area (Å²) in [4.78, 5) is 21.7. The summed E-state index contributed by atoms with van der Waals surface area (Å²) in [5.41, 5.74) is 1.50.